The van der Waals surface area contributed by atoms with Gasteiger partial charge in [-0.3, -0.25) is 4.79 Å². The molecule has 1 saturated heterocycles. The van der Waals surface area contributed by atoms with Crippen molar-refractivity contribution in [3.63, 3.8) is 0 Å². The first-order valence-corrected chi connectivity index (χ1v) is 7.60. The van der Waals surface area contributed by atoms with Crippen LogP contribution >= 0.6 is 11.8 Å². The van der Waals surface area contributed by atoms with Crippen LogP contribution in [-0.2, 0) is 0 Å². The zero-order chi connectivity index (χ0) is 14.7. The van der Waals surface area contributed by atoms with Crippen molar-refractivity contribution >= 4 is 23.5 Å². The number of benzene rings is 1. The third kappa shape index (κ3) is 2.90. The molecule has 0 spiro atoms. The highest BCUT2D eigenvalue weighted by molar-refractivity contribution is 8.00. The van der Waals surface area contributed by atoms with Crippen LogP contribution in [0.5, 0.6) is 0 Å². The highest BCUT2D eigenvalue weighted by Crippen LogP contribution is 2.25. The molecule has 1 aliphatic heterocycles. The van der Waals surface area contributed by atoms with Crippen LogP contribution < -0.4 is 5.73 Å². The molecule has 1 aliphatic rings. The minimum absolute atomic E-state index is 0.0377. The molecule has 2 atom stereocenters. The Morgan fingerprint density at radius 1 is 1.35 bits per heavy atom. The van der Waals surface area contributed by atoms with Crippen LogP contribution in [-0.4, -0.2) is 45.4 Å². The van der Waals surface area contributed by atoms with Crippen molar-refractivity contribution in [1.82, 2.24) is 4.90 Å². The van der Waals surface area contributed by atoms with E-state index in [-0.39, 0.29) is 17.8 Å². The summed E-state index contributed by atoms with van der Waals surface area (Å²) in [6.07, 6.45) is 0. The lowest BCUT2D eigenvalue weighted by molar-refractivity contribution is 0.0698. The van der Waals surface area contributed by atoms with E-state index in [2.05, 4.69) is 19.0 Å². The van der Waals surface area contributed by atoms with Gasteiger partial charge >= 0.3 is 0 Å². The third-order valence-electron chi connectivity index (χ3n) is 3.68. The predicted molar refractivity (Wildman–Crippen MR) is 81.4 cm³/mol. The number of nitrogens with zero attached hydrogens (tertiary/aromatic N) is 2. The van der Waals surface area contributed by atoms with Crippen molar-refractivity contribution in [3.8, 4) is 0 Å². The van der Waals surface area contributed by atoms with Crippen LogP contribution in [0.15, 0.2) is 29.4 Å². The Labute approximate surface area is 122 Å². The topological polar surface area (TPSA) is 78.9 Å². The SMILES string of the molecule is CC1SCCN(C(=O)c2ccc(/C(N)=N/O)cc2)C1C. The molecule has 1 heterocycles. The van der Waals surface area contributed by atoms with E-state index in [0.717, 1.165) is 12.3 Å². The lowest BCUT2D eigenvalue weighted by Gasteiger charge is -2.37. The van der Waals surface area contributed by atoms with E-state index in [1.54, 1.807) is 24.3 Å². The minimum Gasteiger partial charge on any atom is -0.409 e. The summed E-state index contributed by atoms with van der Waals surface area (Å²) < 4.78 is 0. The highest BCUT2D eigenvalue weighted by Gasteiger charge is 2.29. The molecule has 3 N–H and O–H groups in total. The summed E-state index contributed by atoms with van der Waals surface area (Å²) in [6.45, 7) is 5.01. The van der Waals surface area contributed by atoms with Crippen LogP contribution in [0.3, 0.4) is 0 Å². The second-order valence-corrected chi connectivity index (χ2v) is 6.36. The summed E-state index contributed by atoms with van der Waals surface area (Å²) in [6, 6.07) is 7.04. The van der Waals surface area contributed by atoms with Crippen LogP contribution in [0.4, 0.5) is 0 Å². The molecule has 1 aromatic carbocycles. The number of oxime groups is 1. The van der Waals surface area contributed by atoms with Gasteiger partial charge in [-0.15, -0.1) is 0 Å². The molecular weight excluding hydrogens is 274 g/mol. The molecule has 108 valence electrons. The van der Waals surface area contributed by atoms with Gasteiger partial charge in [0.25, 0.3) is 5.91 Å². The van der Waals surface area contributed by atoms with Crippen molar-refractivity contribution in [3.05, 3.63) is 35.4 Å². The van der Waals surface area contributed by atoms with E-state index in [1.807, 2.05) is 16.7 Å². The molecule has 2 unspecified atom stereocenters. The molecule has 0 aromatic heterocycles. The first kappa shape index (κ1) is 14.7. The number of amides is 1. The smallest absolute Gasteiger partial charge is 0.254 e. The van der Waals surface area contributed by atoms with E-state index in [0.29, 0.717) is 16.4 Å². The van der Waals surface area contributed by atoms with Gasteiger partial charge in [-0.2, -0.15) is 11.8 Å². The lowest BCUT2D eigenvalue weighted by Crippen LogP contribution is -2.47. The normalized spacial score (nSPS) is 23.7. The second-order valence-electron chi connectivity index (χ2n) is 4.88. The molecule has 1 aromatic rings. The van der Waals surface area contributed by atoms with Gasteiger partial charge in [0.15, 0.2) is 5.84 Å². The predicted octanol–water partition coefficient (Wildman–Crippen LogP) is 1.75. The van der Waals surface area contributed by atoms with Crippen LogP contribution in [0.2, 0.25) is 0 Å². The molecule has 0 aliphatic carbocycles. The fraction of sp³-hybridized carbons (Fsp3) is 0.429. The number of hydrogen-bond acceptors (Lipinski definition) is 4. The molecule has 0 saturated carbocycles. The number of carbonyl (C=O) groups excluding carboxylic acids is 1. The van der Waals surface area contributed by atoms with Crippen molar-refractivity contribution in [2.75, 3.05) is 12.3 Å². The summed E-state index contributed by atoms with van der Waals surface area (Å²) in [4.78, 5) is 14.4. The Kier molecular flexibility index (Phi) is 4.54. The number of carbonyl (C=O) groups is 1. The second kappa shape index (κ2) is 6.17. The van der Waals surface area contributed by atoms with Crippen LogP contribution in [0.1, 0.15) is 29.8 Å². The number of hydrogen-bond donors (Lipinski definition) is 2. The van der Waals surface area contributed by atoms with Crippen LogP contribution in [0.25, 0.3) is 0 Å². The van der Waals surface area contributed by atoms with E-state index in [4.69, 9.17) is 10.9 Å². The number of nitrogens with two attached hydrogens (primary N) is 1. The molecule has 1 amide bonds. The Bertz CT molecular complexity index is 516. The summed E-state index contributed by atoms with van der Waals surface area (Å²) in [5.41, 5.74) is 6.73. The fourth-order valence-electron chi connectivity index (χ4n) is 2.23. The third-order valence-corrected chi connectivity index (χ3v) is 5.02. The van der Waals surface area contributed by atoms with Gasteiger partial charge in [-0.05, 0) is 19.1 Å². The monoisotopic (exact) mass is 293 g/mol. The maximum Gasteiger partial charge on any atom is 0.254 e. The highest BCUT2D eigenvalue weighted by atomic mass is 32.2. The van der Waals surface area contributed by atoms with Crippen LogP contribution in [0, 0.1) is 0 Å². The minimum atomic E-state index is 0.0377. The molecule has 0 bridgehead atoms. The quantitative estimate of drug-likeness (QED) is 0.377. The molecule has 5 nitrogen and oxygen atoms in total. The zero-order valence-electron chi connectivity index (χ0n) is 11.6. The van der Waals surface area contributed by atoms with Gasteiger partial charge in [0.1, 0.15) is 0 Å². The van der Waals surface area contributed by atoms with Gasteiger partial charge in [0, 0.05) is 34.7 Å². The van der Waals surface area contributed by atoms with Gasteiger partial charge in [0.05, 0.1) is 0 Å². The summed E-state index contributed by atoms with van der Waals surface area (Å²) in [7, 11) is 0. The average molecular weight is 293 g/mol. The van der Waals surface area contributed by atoms with Gasteiger partial charge < -0.3 is 15.8 Å². The number of rotatable bonds is 2. The Morgan fingerprint density at radius 3 is 2.55 bits per heavy atom. The number of amidine groups is 1. The molecule has 0 radical (unpaired) electrons. The Balaban J connectivity index is 2.17. The van der Waals surface area contributed by atoms with E-state index < -0.39 is 0 Å². The largest absolute Gasteiger partial charge is 0.409 e. The summed E-state index contributed by atoms with van der Waals surface area (Å²) in [5, 5.41) is 12.0. The summed E-state index contributed by atoms with van der Waals surface area (Å²) >= 11 is 1.90. The molecular formula is C14H19N3O2S. The van der Waals surface area contributed by atoms with Crippen molar-refractivity contribution in [2.45, 2.75) is 25.1 Å². The van der Waals surface area contributed by atoms with Gasteiger partial charge in [-0.1, -0.05) is 24.2 Å². The van der Waals surface area contributed by atoms with E-state index >= 15 is 0 Å². The van der Waals surface area contributed by atoms with Gasteiger partial charge in [-0.25, -0.2) is 0 Å². The standard InChI is InChI=1S/C14H19N3O2S/c1-9-10(2)20-8-7-17(9)14(18)12-5-3-11(4-6-12)13(15)16-19/h3-6,9-10,19H,7-8H2,1-2H3,(H2,15,16). The van der Waals surface area contributed by atoms with Crippen molar-refractivity contribution in [2.24, 2.45) is 10.9 Å². The first-order valence-electron chi connectivity index (χ1n) is 6.55. The Hall–Kier alpha value is -1.69. The first-order chi connectivity index (χ1) is 9.54. The van der Waals surface area contributed by atoms with Gasteiger partial charge in [0.2, 0.25) is 0 Å². The zero-order valence-corrected chi connectivity index (χ0v) is 12.4. The van der Waals surface area contributed by atoms with E-state index in [1.165, 1.54) is 0 Å². The fourth-order valence-corrected chi connectivity index (χ4v) is 3.33. The van der Waals surface area contributed by atoms with E-state index in [9.17, 15) is 4.79 Å². The molecule has 1 fully saturated rings. The lowest BCUT2D eigenvalue weighted by atomic mass is 10.1. The number of thioether (sulfide) groups is 1. The van der Waals surface area contributed by atoms with Crippen molar-refractivity contribution < 1.29 is 10.0 Å². The van der Waals surface area contributed by atoms with Crippen molar-refractivity contribution in [1.29, 1.82) is 0 Å². The molecule has 6 heteroatoms. The maximum absolute atomic E-state index is 12.5. The molecule has 2 rings (SSSR count). The summed E-state index contributed by atoms with van der Waals surface area (Å²) in [5.74, 6) is 1.05. The average Bonchev–Trinajstić information content (AvgIpc) is 2.48. The maximum atomic E-state index is 12.5. The molecule has 20 heavy (non-hydrogen) atoms. The Morgan fingerprint density at radius 2 is 1.95 bits per heavy atom.